The second-order valence-electron chi connectivity index (χ2n) is 8.59. The average molecular weight is 485 g/mol. The molecule has 0 bridgehead atoms. The summed E-state index contributed by atoms with van der Waals surface area (Å²) in [6.07, 6.45) is 9.82. The maximum absolute atomic E-state index is 12.9. The van der Waals surface area contributed by atoms with Gasteiger partial charge >= 0.3 is 6.09 Å². The first kappa shape index (κ1) is 26.1. The first-order valence-electron chi connectivity index (χ1n) is 11.5. The third-order valence-corrected chi connectivity index (χ3v) is 6.10. The van der Waals surface area contributed by atoms with E-state index in [1.165, 1.54) is 12.0 Å². The number of carboxylic acid groups (broad SMARTS) is 1. The van der Waals surface area contributed by atoms with Crippen molar-refractivity contribution in [1.29, 1.82) is 0 Å². The highest BCUT2D eigenvalue weighted by Gasteiger charge is 2.28. The van der Waals surface area contributed by atoms with Crippen molar-refractivity contribution in [2.24, 2.45) is 0 Å². The third kappa shape index (κ3) is 7.75. The Morgan fingerprint density at radius 1 is 1.17 bits per heavy atom. The van der Waals surface area contributed by atoms with Crippen LogP contribution in [0.2, 0.25) is 0 Å². The molecule has 1 amide bonds. The van der Waals surface area contributed by atoms with E-state index in [0.29, 0.717) is 0 Å². The predicted molar refractivity (Wildman–Crippen MR) is 131 cm³/mol. The van der Waals surface area contributed by atoms with Crippen LogP contribution in [-0.4, -0.2) is 34.0 Å². The number of nitrogens with zero attached hydrogens (tertiary/aromatic N) is 1. The van der Waals surface area contributed by atoms with E-state index >= 15 is 0 Å². The molecule has 1 aliphatic rings. The highest BCUT2D eigenvalue weighted by Crippen LogP contribution is 2.33. The molecule has 1 heterocycles. The molecule has 0 atom stereocenters. The first-order chi connectivity index (χ1) is 16.8. The minimum atomic E-state index is -1.27. The molecule has 3 N–H and O–H groups in total. The van der Waals surface area contributed by atoms with Crippen molar-refractivity contribution < 1.29 is 28.5 Å². The molecule has 1 aromatic heterocycles. The van der Waals surface area contributed by atoms with E-state index in [1.807, 2.05) is 23.5 Å². The van der Waals surface area contributed by atoms with Crippen LogP contribution in [0, 0.1) is 11.6 Å². The third-order valence-electron chi connectivity index (χ3n) is 6.10. The second kappa shape index (κ2) is 12.3. The number of hydrogen-bond acceptors (Lipinski definition) is 4. The minimum absolute atomic E-state index is 0.0150. The van der Waals surface area contributed by atoms with Gasteiger partial charge in [0.25, 0.3) is 0 Å². The summed E-state index contributed by atoms with van der Waals surface area (Å²) in [6.45, 7) is 0. The molecule has 8 heteroatoms. The van der Waals surface area contributed by atoms with Gasteiger partial charge in [0.2, 0.25) is 0 Å². The van der Waals surface area contributed by atoms with E-state index in [9.17, 15) is 18.7 Å². The number of carbonyl (C=O) groups is 1. The van der Waals surface area contributed by atoms with Gasteiger partial charge in [-0.1, -0.05) is 31.4 Å². The SMILES string of the molecule is COc1cnc2cccc(CCC3(O)CCCCC3)c2c1.O=C(O)N/C=C/c1cc(F)ccc1F. The number of methoxy groups -OCH3 is 1. The Morgan fingerprint density at radius 3 is 2.66 bits per heavy atom. The number of rotatable bonds is 6. The van der Waals surface area contributed by atoms with Crippen LogP contribution in [0.3, 0.4) is 0 Å². The number of hydrogen-bond donors (Lipinski definition) is 3. The normalized spacial score (nSPS) is 14.9. The summed E-state index contributed by atoms with van der Waals surface area (Å²) in [6, 6.07) is 11.2. The molecule has 1 fully saturated rings. The largest absolute Gasteiger partial charge is 0.495 e. The van der Waals surface area contributed by atoms with Gasteiger partial charge in [-0.15, -0.1) is 0 Å². The van der Waals surface area contributed by atoms with Gasteiger partial charge in [-0.25, -0.2) is 13.6 Å². The molecule has 0 spiro atoms. The molecular weight excluding hydrogens is 454 g/mol. The number of nitrogens with one attached hydrogen (secondary N) is 1. The van der Waals surface area contributed by atoms with Crippen molar-refractivity contribution in [2.45, 2.75) is 50.5 Å². The molecule has 35 heavy (non-hydrogen) atoms. The van der Waals surface area contributed by atoms with E-state index in [-0.39, 0.29) is 5.56 Å². The summed E-state index contributed by atoms with van der Waals surface area (Å²) in [7, 11) is 1.66. The van der Waals surface area contributed by atoms with E-state index in [0.717, 1.165) is 85.7 Å². The van der Waals surface area contributed by atoms with Crippen molar-refractivity contribution in [2.75, 3.05) is 7.11 Å². The van der Waals surface area contributed by atoms with Gasteiger partial charge in [-0.05, 0) is 67.7 Å². The van der Waals surface area contributed by atoms with Crippen LogP contribution in [0.15, 0.2) is 54.9 Å². The lowest BCUT2D eigenvalue weighted by molar-refractivity contribution is -0.00335. The number of pyridine rings is 1. The van der Waals surface area contributed by atoms with E-state index in [4.69, 9.17) is 9.84 Å². The minimum Gasteiger partial charge on any atom is -0.495 e. The number of aliphatic hydroxyl groups is 1. The van der Waals surface area contributed by atoms with E-state index in [2.05, 4.69) is 11.1 Å². The van der Waals surface area contributed by atoms with Gasteiger partial charge in [-0.2, -0.15) is 0 Å². The Hall–Kier alpha value is -3.52. The zero-order chi connectivity index (χ0) is 25.3. The fourth-order valence-electron chi connectivity index (χ4n) is 4.19. The molecule has 0 saturated heterocycles. The molecular formula is C27H30F2N2O4. The number of aryl methyl sites for hydroxylation is 1. The number of aromatic nitrogens is 1. The smallest absolute Gasteiger partial charge is 0.408 e. The molecule has 0 unspecified atom stereocenters. The van der Waals surface area contributed by atoms with Gasteiger partial charge in [0.1, 0.15) is 17.4 Å². The number of halogens is 2. The van der Waals surface area contributed by atoms with Crippen LogP contribution in [-0.2, 0) is 6.42 Å². The van der Waals surface area contributed by atoms with Gasteiger partial charge < -0.3 is 14.9 Å². The maximum Gasteiger partial charge on any atom is 0.408 e. The fraction of sp³-hybridized carbons (Fsp3) is 0.333. The molecule has 1 aliphatic carbocycles. The van der Waals surface area contributed by atoms with Crippen molar-refractivity contribution in [3.63, 3.8) is 0 Å². The number of fused-ring (bicyclic) bond motifs is 1. The second-order valence-corrected chi connectivity index (χ2v) is 8.59. The van der Waals surface area contributed by atoms with Crippen molar-refractivity contribution in [1.82, 2.24) is 10.3 Å². The highest BCUT2D eigenvalue weighted by molar-refractivity contribution is 5.83. The monoisotopic (exact) mass is 484 g/mol. The Morgan fingerprint density at radius 2 is 1.94 bits per heavy atom. The average Bonchev–Trinajstić information content (AvgIpc) is 2.85. The van der Waals surface area contributed by atoms with Crippen molar-refractivity contribution in [3.8, 4) is 5.75 Å². The zero-order valence-electron chi connectivity index (χ0n) is 19.6. The molecule has 2 aromatic carbocycles. The standard InChI is InChI=1S/C18H23NO2.C9H7F2NO2/c1-21-15-12-16-14(6-5-7-17(16)19-13-15)8-11-18(20)9-3-2-4-10-18;10-7-1-2-8(11)6(5-7)3-4-12-9(13)14/h5-7,12-13,20H,2-4,8-11H2,1H3;1-5,12H,(H,13,14)/b;4-3+. The lowest BCUT2D eigenvalue weighted by Crippen LogP contribution is -2.31. The number of ether oxygens (including phenoxy) is 1. The molecule has 186 valence electrons. The van der Waals surface area contributed by atoms with Crippen LogP contribution >= 0.6 is 0 Å². The molecule has 0 radical (unpaired) electrons. The summed E-state index contributed by atoms with van der Waals surface area (Å²) in [5.41, 5.74) is 1.76. The Balaban J connectivity index is 0.000000214. The fourth-order valence-corrected chi connectivity index (χ4v) is 4.19. The summed E-state index contributed by atoms with van der Waals surface area (Å²) >= 11 is 0. The summed E-state index contributed by atoms with van der Waals surface area (Å²) < 4.78 is 30.8. The van der Waals surface area contributed by atoms with Gasteiger partial charge in [0.05, 0.1) is 24.4 Å². The van der Waals surface area contributed by atoms with Crippen LogP contribution in [0.4, 0.5) is 13.6 Å². The molecule has 6 nitrogen and oxygen atoms in total. The van der Waals surface area contributed by atoms with Crippen molar-refractivity contribution >= 4 is 23.1 Å². The van der Waals surface area contributed by atoms with Crippen LogP contribution in [0.5, 0.6) is 5.75 Å². The predicted octanol–water partition coefficient (Wildman–Crippen LogP) is 6.07. The Bertz CT molecular complexity index is 1180. The molecule has 0 aliphatic heterocycles. The van der Waals surface area contributed by atoms with Crippen molar-refractivity contribution in [3.05, 3.63) is 77.6 Å². The van der Waals surface area contributed by atoms with Gasteiger partial charge in [0, 0.05) is 17.1 Å². The lowest BCUT2D eigenvalue weighted by atomic mass is 9.80. The van der Waals surface area contributed by atoms with E-state index in [1.54, 1.807) is 13.3 Å². The summed E-state index contributed by atoms with van der Waals surface area (Å²) in [4.78, 5) is 14.4. The highest BCUT2D eigenvalue weighted by atomic mass is 19.1. The first-order valence-corrected chi connectivity index (χ1v) is 11.5. The van der Waals surface area contributed by atoms with Crippen LogP contribution < -0.4 is 10.1 Å². The lowest BCUT2D eigenvalue weighted by Gasteiger charge is -2.32. The number of amides is 1. The quantitative estimate of drug-likeness (QED) is 0.395. The van der Waals surface area contributed by atoms with Crippen LogP contribution in [0.25, 0.3) is 17.0 Å². The Kier molecular flexibility index (Phi) is 9.14. The molecule has 4 rings (SSSR count). The van der Waals surface area contributed by atoms with Crippen LogP contribution in [0.1, 0.15) is 49.7 Å². The summed E-state index contributed by atoms with van der Waals surface area (Å²) in [5.74, 6) is -0.414. The topological polar surface area (TPSA) is 91.7 Å². The number of benzene rings is 2. The maximum atomic E-state index is 12.9. The van der Waals surface area contributed by atoms with E-state index < -0.39 is 23.3 Å². The molecule has 3 aromatic rings. The van der Waals surface area contributed by atoms with Gasteiger partial charge in [-0.3, -0.25) is 10.3 Å². The Labute approximate surface area is 203 Å². The summed E-state index contributed by atoms with van der Waals surface area (Å²) in [5, 5.41) is 21.9. The molecule has 1 saturated carbocycles. The zero-order valence-corrected chi connectivity index (χ0v) is 19.6. The van der Waals surface area contributed by atoms with Gasteiger partial charge in [0.15, 0.2) is 0 Å².